The monoisotopic (exact) mass is 380 g/mol. The van der Waals surface area contributed by atoms with Gasteiger partial charge in [0.1, 0.15) is 5.83 Å². The molecule has 0 radical (unpaired) electrons. The van der Waals surface area contributed by atoms with Gasteiger partial charge < -0.3 is 15.0 Å². The lowest BCUT2D eigenvalue weighted by molar-refractivity contribution is 0.126. The summed E-state index contributed by atoms with van der Waals surface area (Å²) in [6.45, 7) is 9.33. The molecule has 1 aromatic carbocycles. The van der Waals surface area contributed by atoms with Gasteiger partial charge in [-0.3, -0.25) is 0 Å². The van der Waals surface area contributed by atoms with Crippen LogP contribution in [-0.2, 0) is 6.42 Å². The number of hydrogen-bond donors (Lipinski definition) is 2. The van der Waals surface area contributed by atoms with Gasteiger partial charge in [0.25, 0.3) is 0 Å². The Morgan fingerprint density at radius 2 is 1.96 bits per heavy atom. The third kappa shape index (κ3) is 4.63. The summed E-state index contributed by atoms with van der Waals surface area (Å²) in [7, 11) is 0. The summed E-state index contributed by atoms with van der Waals surface area (Å²) in [5, 5.41) is 13.4. The molecule has 0 bridgehead atoms. The molecule has 4 heteroatoms. The van der Waals surface area contributed by atoms with E-state index in [4.69, 9.17) is 0 Å². The molecule has 0 atom stereocenters. The lowest BCUT2D eigenvalue weighted by Gasteiger charge is -2.28. The first kappa shape index (κ1) is 20.2. The summed E-state index contributed by atoms with van der Waals surface area (Å²) in [5.74, 6) is -0.339. The molecule has 1 fully saturated rings. The third-order valence-electron chi connectivity index (χ3n) is 5.49. The molecule has 3 rings (SSSR count). The van der Waals surface area contributed by atoms with E-state index in [1.807, 2.05) is 18.3 Å². The van der Waals surface area contributed by atoms with Gasteiger partial charge in [-0.25, -0.2) is 4.39 Å². The molecule has 1 saturated carbocycles. The van der Waals surface area contributed by atoms with Crippen molar-refractivity contribution < 1.29 is 9.50 Å². The number of aliphatic hydroxyl groups is 1. The Labute approximate surface area is 166 Å². The second-order valence-electron chi connectivity index (χ2n) is 7.48. The van der Waals surface area contributed by atoms with Gasteiger partial charge in [0.15, 0.2) is 0 Å². The van der Waals surface area contributed by atoms with E-state index >= 15 is 0 Å². The summed E-state index contributed by atoms with van der Waals surface area (Å²) in [5.41, 5.74) is 4.85. The maximum absolute atomic E-state index is 14.0. The average molecular weight is 381 g/mol. The molecule has 3 nitrogen and oxygen atoms in total. The summed E-state index contributed by atoms with van der Waals surface area (Å²) < 4.78 is 16.1. The largest absolute Gasteiger partial charge is 0.393 e. The topological polar surface area (TPSA) is 37.2 Å². The minimum atomic E-state index is -0.339. The van der Waals surface area contributed by atoms with Gasteiger partial charge in [-0.15, -0.1) is 0 Å². The summed E-state index contributed by atoms with van der Waals surface area (Å²) in [4.78, 5) is 0. The van der Waals surface area contributed by atoms with Crippen LogP contribution in [0.25, 0.3) is 5.69 Å². The van der Waals surface area contributed by atoms with Crippen molar-refractivity contribution in [2.75, 3.05) is 5.32 Å². The molecule has 0 spiro atoms. The van der Waals surface area contributed by atoms with Crippen molar-refractivity contribution in [1.29, 1.82) is 0 Å². The predicted octanol–water partition coefficient (Wildman–Crippen LogP) is 5.64. The molecule has 0 amide bonds. The van der Waals surface area contributed by atoms with Crippen LogP contribution in [-0.4, -0.2) is 21.8 Å². The first-order valence-corrected chi connectivity index (χ1v) is 9.87. The zero-order valence-corrected chi connectivity index (χ0v) is 16.5. The number of aromatic nitrogens is 1. The zero-order valence-electron chi connectivity index (χ0n) is 16.5. The first-order chi connectivity index (χ1) is 13.5. The van der Waals surface area contributed by atoms with E-state index in [0.29, 0.717) is 18.0 Å². The van der Waals surface area contributed by atoms with Gasteiger partial charge in [-0.1, -0.05) is 25.3 Å². The Morgan fingerprint density at radius 1 is 1.21 bits per heavy atom. The fourth-order valence-corrected chi connectivity index (χ4v) is 3.75. The van der Waals surface area contributed by atoms with Crippen LogP contribution in [0.2, 0.25) is 0 Å². The van der Waals surface area contributed by atoms with E-state index in [1.165, 1.54) is 11.6 Å². The van der Waals surface area contributed by atoms with Crippen molar-refractivity contribution in [2.45, 2.75) is 51.2 Å². The molecular formula is C24H29FN2O. The number of nitrogens with zero attached hydrogens (tertiary/aromatic N) is 1. The Hall–Kier alpha value is -2.59. The highest BCUT2D eigenvalue weighted by molar-refractivity contribution is 5.58. The first-order valence-electron chi connectivity index (χ1n) is 9.87. The molecule has 2 N–H and O–H groups in total. The number of nitrogens with one attached hydrogen (secondary N) is 1. The van der Waals surface area contributed by atoms with E-state index in [0.717, 1.165) is 42.8 Å². The van der Waals surface area contributed by atoms with Crippen LogP contribution in [0.5, 0.6) is 0 Å². The summed E-state index contributed by atoms with van der Waals surface area (Å²) >= 11 is 0. The molecule has 1 aliphatic rings. The van der Waals surface area contributed by atoms with Gasteiger partial charge in [-0.2, -0.15) is 0 Å². The maximum atomic E-state index is 14.0. The molecule has 0 aliphatic heterocycles. The van der Waals surface area contributed by atoms with Gasteiger partial charge in [0, 0.05) is 35.7 Å². The zero-order chi connectivity index (χ0) is 20.1. The smallest absolute Gasteiger partial charge is 0.126 e. The molecule has 1 aliphatic carbocycles. The van der Waals surface area contributed by atoms with Crippen molar-refractivity contribution in [3.63, 3.8) is 0 Å². The number of benzene rings is 1. The van der Waals surface area contributed by atoms with Crippen LogP contribution in [0.4, 0.5) is 10.1 Å². The van der Waals surface area contributed by atoms with E-state index in [2.05, 4.69) is 48.2 Å². The standard InChI is InChI=1S/C24H29FN2O/c1-4-18(23(25)5-2)15-20-7-6-14-27(20)21-11-8-17(3)24(16-21)26-19-9-12-22(28)13-10-19/h4-8,11,14,16,19,22,26,28H,1-2,9-10,12-13,15H2,3H3/b23-18-. The van der Waals surface area contributed by atoms with Crippen molar-refractivity contribution >= 4 is 5.69 Å². The number of hydrogen-bond acceptors (Lipinski definition) is 2. The number of anilines is 1. The number of allylic oxidation sites excluding steroid dienone is 4. The number of halogens is 1. The highest BCUT2D eigenvalue weighted by Gasteiger charge is 2.19. The molecular weight excluding hydrogens is 351 g/mol. The van der Waals surface area contributed by atoms with Crippen LogP contribution in [0.1, 0.15) is 36.9 Å². The van der Waals surface area contributed by atoms with E-state index in [-0.39, 0.29) is 11.9 Å². The molecule has 0 unspecified atom stereocenters. The minimum Gasteiger partial charge on any atom is -0.393 e. The van der Waals surface area contributed by atoms with Gasteiger partial charge in [-0.05, 0) is 74.1 Å². The van der Waals surface area contributed by atoms with Crippen LogP contribution < -0.4 is 5.32 Å². The lowest BCUT2D eigenvalue weighted by Crippen LogP contribution is -2.28. The predicted molar refractivity (Wildman–Crippen MR) is 115 cm³/mol. The average Bonchev–Trinajstić information content (AvgIpc) is 3.17. The molecule has 1 aromatic heterocycles. The van der Waals surface area contributed by atoms with Crippen LogP contribution in [0.3, 0.4) is 0 Å². The van der Waals surface area contributed by atoms with Gasteiger partial charge in [0.05, 0.1) is 6.10 Å². The number of aryl methyl sites for hydroxylation is 1. The second-order valence-corrected chi connectivity index (χ2v) is 7.48. The van der Waals surface area contributed by atoms with E-state index in [1.54, 1.807) is 6.08 Å². The highest BCUT2D eigenvalue weighted by atomic mass is 19.1. The van der Waals surface area contributed by atoms with Gasteiger partial charge >= 0.3 is 0 Å². The van der Waals surface area contributed by atoms with Crippen molar-refractivity contribution in [2.24, 2.45) is 0 Å². The minimum absolute atomic E-state index is 0.156. The Kier molecular flexibility index (Phi) is 6.53. The second kappa shape index (κ2) is 9.07. The lowest BCUT2D eigenvalue weighted by atomic mass is 9.93. The van der Waals surface area contributed by atoms with Crippen LogP contribution >= 0.6 is 0 Å². The third-order valence-corrected chi connectivity index (χ3v) is 5.49. The Bertz CT molecular complexity index is 872. The normalized spacial score (nSPS) is 20.4. The van der Waals surface area contributed by atoms with Crippen molar-refractivity contribution in [3.05, 3.63) is 84.5 Å². The highest BCUT2D eigenvalue weighted by Crippen LogP contribution is 2.27. The summed E-state index contributed by atoms with van der Waals surface area (Å²) in [6, 6.07) is 10.7. The summed E-state index contributed by atoms with van der Waals surface area (Å²) in [6.07, 6.45) is 8.72. The number of aliphatic hydroxyl groups excluding tert-OH is 1. The number of rotatable bonds is 7. The fraction of sp³-hybridized carbons (Fsp3) is 0.333. The molecule has 1 heterocycles. The van der Waals surface area contributed by atoms with Gasteiger partial charge in [0.2, 0.25) is 0 Å². The maximum Gasteiger partial charge on any atom is 0.126 e. The van der Waals surface area contributed by atoms with E-state index in [9.17, 15) is 9.50 Å². The Balaban J connectivity index is 1.84. The van der Waals surface area contributed by atoms with Crippen molar-refractivity contribution in [3.8, 4) is 5.69 Å². The molecule has 2 aromatic rings. The Morgan fingerprint density at radius 3 is 2.64 bits per heavy atom. The fourth-order valence-electron chi connectivity index (χ4n) is 3.75. The molecule has 28 heavy (non-hydrogen) atoms. The SMILES string of the molecule is C=C/C(F)=C(\C=C)Cc1cccn1-c1ccc(C)c(NC2CCC(O)CC2)c1. The van der Waals surface area contributed by atoms with Crippen molar-refractivity contribution in [1.82, 2.24) is 4.57 Å². The van der Waals surface area contributed by atoms with E-state index < -0.39 is 0 Å². The molecule has 148 valence electrons. The van der Waals surface area contributed by atoms with Crippen LogP contribution in [0, 0.1) is 6.92 Å². The molecule has 0 saturated heterocycles. The quantitative estimate of drug-likeness (QED) is 0.610. The van der Waals surface area contributed by atoms with Crippen LogP contribution in [0.15, 0.2) is 73.2 Å².